The number of ether oxygens (including phenoxy) is 3. The van der Waals surface area contributed by atoms with Gasteiger partial charge < -0.3 is 29.7 Å². The number of fused-ring (bicyclic) bond motifs is 1. The number of esters is 1. The van der Waals surface area contributed by atoms with Gasteiger partial charge in [-0.05, 0) is 18.2 Å². The third-order valence-electron chi connectivity index (χ3n) is 6.60. The Morgan fingerprint density at radius 2 is 2.05 bits per heavy atom. The highest BCUT2D eigenvalue weighted by Gasteiger charge is 2.33. The maximum absolute atomic E-state index is 15.0. The highest BCUT2D eigenvalue weighted by Crippen LogP contribution is 2.32. The second-order valence-electron chi connectivity index (χ2n) is 9.36. The van der Waals surface area contributed by atoms with E-state index in [0.29, 0.717) is 24.5 Å². The van der Waals surface area contributed by atoms with Gasteiger partial charge in [0, 0.05) is 51.5 Å². The van der Waals surface area contributed by atoms with E-state index in [-0.39, 0.29) is 19.6 Å². The number of cyclic esters (lactones) is 1. The number of nitrogens with one attached hydrogen (secondary N) is 2. The summed E-state index contributed by atoms with van der Waals surface area (Å²) in [6.45, 7) is 3.89. The molecule has 2 amide bonds. The Kier molecular flexibility index (Phi) is 7.60. The molecule has 1 atom stereocenters. The van der Waals surface area contributed by atoms with Crippen molar-refractivity contribution < 1.29 is 33.0 Å². The molecule has 2 aromatic rings. The van der Waals surface area contributed by atoms with E-state index in [1.54, 1.807) is 16.8 Å². The number of piperazine rings is 1. The molecule has 0 unspecified atom stereocenters. The normalized spacial score (nSPS) is 19.3. The minimum Gasteiger partial charge on any atom is -0.442 e. The monoisotopic (exact) mass is 531 g/mol. The smallest absolute Gasteiger partial charge is 0.414 e. The molecule has 0 spiro atoms. The van der Waals surface area contributed by atoms with Crippen LogP contribution in [-0.2, 0) is 39.1 Å². The molecule has 0 bridgehead atoms. The van der Waals surface area contributed by atoms with Crippen LogP contribution in [-0.4, -0.2) is 91.5 Å². The first-order chi connectivity index (χ1) is 18.4. The number of carbonyl (C=O) groups is 3. The van der Waals surface area contributed by atoms with Crippen LogP contribution in [0.25, 0.3) is 0 Å². The van der Waals surface area contributed by atoms with Crippen molar-refractivity contribution >= 4 is 29.5 Å². The number of hydrogen-bond donors (Lipinski definition) is 2. The van der Waals surface area contributed by atoms with Crippen LogP contribution in [0.3, 0.4) is 0 Å². The summed E-state index contributed by atoms with van der Waals surface area (Å²) in [5.41, 5.74) is 2.76. The maximum atomic E-state index is 15.0. The molecule has 3 aliphatic heterocycles. The van der Waals surface area contributed by atoms with Gasteiger partial charge in [-0.15, -0.1) is 0 Å². The molecular weight excluding hydrogens is 501 g/mol. The topological polar surface area (TPSA) is 130 Å². The zero-order chi connectivity index (χ0) is 26.6. The molecule has 4 heterocycles. The zero-order valence-corrected chi connectivity index (χ0v) is 21.0. The predicted molar refractivity (Wildman–Crippen MR) is 132 cm³/mol. The lowest BCUT2D eigenvalue weighted by molar-refractivity contribution is -0.153. The second-order valence-corrected chi connectivity index (χ2v) is 9.36. The quantitative estimate of drug-likeness (QED) is 0.368. The van der Waals surface area contributed by atoms with Gasteiger partial charge in [-0.3, -0.25) is 19.3 Å². The first-order valence-corrected chi connectivity index (χ1v) is 12.4. The largest absolute Gasteiger partial charge is 0.442 e. The van der Waals surface area contributed by atoms with E-state index in [1.807, 2.05) is 23.0 Å². The minimum absolute atomic E-state index is 0.0180. The van der Waals surface area contributed by atoms with E-state index < -0.39 is 36.9 Å². The van der Waals surface area contributed by atoms with Crippen molar-refractivity contribution in [3.63, 3.8) is 0 Å². The Bertz CT molecular complexity index is 1180. The van der Waals surface area contributed by atoms with Gasteiger partial charge in [-0.25, -0.2) is 14.0 Å². The van der Waals surface area contributed by atoms with Crippen LogP contribution in [0.5, 0.6) is 0 Å². The minimum atomic E-state index is -0.814. The highest BCUT2D eigenvalue weighted by atomic mass is 19.1. The summed E-state index contributed by atoms with van der Waals surface area (Å²) in [5, 5.41) is 10.1. The van der Waals surface area contributed by atoms with Crippen molar-refractivity contribution in [2.75, 3.05) is 62.4 Å². The fraction of sp³-hybridized carbons (Fsp3) is 0.500. The number of anilines is 2. The molecule has 1 aromatic carbocycles. The van der Waals surface area contributed by atoms with E-state index in [0.717, 1.165) is 37.4 Å². The third-order valence-corrected chi connectivity index (χ3v) is 6.60. The first-order valence-electron chi connectivity index (χ1n) is 12.4. The molecule has 3 aliphatic rings. The van der Waals surface area contributed by atoms with Crippen molar-refractivity contribution in [1.82, 2.24) is 25.3 Å². The van der Waals surface area contributed by atoms with Crippen LogP contribution in [0.15, 0.2) is 24.4 Å². The lowest BCUT2D eigenvalue weighted by Gasteiger charge is -2.25. The Morgan fingerprint density at radius 3 is 2.82 bits per heavy atom. The average Bonchev–Trinajstić information content (AvgIpc) is 3.55. The van der Waals surface area contributed by atoms with Crippen molar-refractivity contribution in [3.05, 3.63) is 41.5 Å². The van der Waals surface area contributed by atoms with Gasteiger partial charge in [0.1, 0.15) is 11.9 Å². The molecule has 204 valence electrons. The summed E-state index contributed by atoms with van der Waals surface area (Å²) in [4.78, 5) is 41.3. The standard InChI is InChI=1S/C24H30FN7O6/c1-29-10-16-11-31(13-20(16)28-29)21-3-2-17(8-19(21)25)32-12-18(38-24(32)35)9-27-23(34)37-15-36-22(33)14-30-6-4-26-5-7-30/h2-3,8,10,18,26H,4-7,9,11-15H2,1H3,(H,27,34)/t18-/m0/s1. The molecule has 13 nitrogen and oxygen atoms in total. The van der Waals surface area contributed by atoms with Gasteiger partial charge in [-0.1, -0.05) is 0 Å². The number of alkyl carbamates (subject to hydrolysis) is 1. The van der Waals surface area contributed by atoms with Gasteiger partial charge in [0.25, 0.3) is 0 Å². The van der Waals surface area contributed by atoms with Gasteiger partial charge >= 0.3 is 18.2 Å². The first kappa shape index (κ1) is 25.7. The van der Waals surface area contributed by atoms with E-state index in [4.69, 9.17) is 14.2 Å². The molecule has 14 heteroatoms. The lowest BCUT2D eigenvalue weighted by Crippen LogP contribution is -2.45. The highest BCUT2D eigenvalue weighted by molar-refractivity contribution is 5.90. The molecule has 0 saturated carbocycles. The number of benzene rings is 1. The second kappa shape index (κ2) is 11.2. The number of halogens is 1. The number of nitrogens with zero attached hydrogens (tertiary/aromatic N) is 5. The zero-order valence-electron chi connectivity index (χ0n) is 21.0. The number of carbonyl (C=O) groups excluding carboxylic acids is 3. The summed E-state index contributed by atoms with van der Waals surface area (Å²) in [6.07, 6.45) is -0.191. The van der Waals surface area contributed by atoms with Gasteiger partial charge in [0.2, 0.25) is 6.79 Å². The van der Waals surface area contributed by atoms with Crippen molar-refractivity contribution in [2.24, 2.45) is 7.05 Å². The van der Waals surface area contributed by atoms with Crippen LogP contribution < -0.4 is 20.4 Å². The third kappa shape index (κ3) is 5.97. The number of amides is 2. The fourth-order valence-electron chi connectivity index (χ4n) is 4.71. The fourth-order valence-corrected chi connectivity index (χ4v) is 4.71. The molecular formula is C24H30FN7O6. The molecule has 0 aliphatic carbocycles. The van der Waals surface area contributed by atoms with E-state index in [2.05, 4.69) is 15.7 Å². The SMILES string of the molecule is Cn1cc2c(n1)CN(c1ccc(N3C[C@H](CNC(=O)OCOC(=O)CN4CCNCC4)OC3=O)cc1F)C2. The van der Waals surface area contributed by atoms with Crippen LogP contribution in [0, 0.1) is 5.82 Å². The Balaban J connectivity index is 1.05. The summed E-state index contributed by atoms with van der Waals surface area (Å²) >= 11 is 0. The van der Waals surface area contributed by atoms with Crippen LogP contribution in [0.4, 0.5) is 25.4 Å². The van der Waals surface area contributed by atoms with Crippen molar-refractivity contribution in [2.45, 2.75) is 19.2 Å². The summed E-state index contributed by atoms with van der Waals surface area (Å²) in [7, 11) is 1.85. The molecule has 0 radical (unpaired) electrons. The van der Waals surface area contributed by atoms with E-state index in [9.17, 15) is 18.8 Å². The van der Waals surface area contributed by atoms with Gasteiger partial charge in [0.05, 0.1) is 43.2 Å². The van der Waals surface area contributed by atoms with E-state index in [1.165, 1.54) is 11.0 Å². The Labute approximate surface area is 218 Å². The average molecular weight is 532 g/mol. The molecule has 2 fully saturated rings. The van der Waals surface area contributed by atoms with Gasteiger partial charge in [0.15, 0.2) is 0 Å². The number of rotatable bonds is 8. The molecule has 5 rings (SSSR count). The van der Waals surface area contributed by atoms with Crippen LogP contribution in [0.1, 0.15) is 11.3 Å². The maximum Gasteiger partial charge on any atom is 0.414 e. The Hall–Kier alpha value is -3.91. The van der Waals surface area contributed by atoms with Gasteiger partial charge in [-0.2, -0.15) is 5.10 Å². The molecule has 1 aromatic heterocycles. The van der Waals surface area contributed by atoms with Crippen LogP contribution in [0.2, 0.25) is 0 Å². The van der Waals surface area contributed by atoms with Crippen molar-refractivity contribution in [1.29, 1.82) is 0 Å². The molecule has 2 N–H and O–H groups in total. The predicted octanol–water partition coefficient (Wildman–Crippen LogP) is 0.537. The summed E-state index contributed by atoms with van der Waals surface area (Å²) in [5.74, 6) is -0.939. The molecule has 2 saturated heterocycles. The summed E-state index contributed by atoms with van der Waals surface area (Å²) in [6, 6.07) is 4.59. The summed E-state index contributed by atoms with van der Waals surface area (Å²) < 4.78 is 31.8. The number of hydrogen-bond acceptors (Lipinski definition) is 10. The van der Waals surface area contributed by atoms with E-state index >= 15 is 0 Å². The lowest BCUT2D eigenvalue weighted by atomic mass is 10.2. The number of aryl methyl sites for hydroxylation is 1. The number of aromatic nitrogens is 2. The Morgan fingerprint density at radius 1 is 1.24 bits per heavy atom. The van der Waals surface area contributed by atoms with Crippen LogP contribution >= 0.6 is 0 Å². The van der Waals surface area contributed by atoms with Crippen molar-refractivity contribution in [3.8, 4) is 0 Å². The molecule has 38 heavy (non-hydrogen) atoms.